The summed E-state index contributed by atoms with van der Waals surface area (Å²) in [6.45, 7) is 11.1. The van der Waals surface area contributed by atoms with Gasteiger partial charge in [0.25, 0.3) is 0 Å². The minimum atomic E-state index is -2.52. The van der Waals surface area contributed by atoms with Crippen molar-refractivity contribution in [3.05, 3.63) is 39.5 Å². The Morgan fingerprint density at radius 3 is 2.29 bits per heavy atom. The van der Waals surface area contributed by atoms with Crippen molar-refractivity contribution >= 4 is 24.3 Å². The first-order chi connectivity index (χ1) is 18.2. The van der Waals surface area contributed by atoms with Crippen molar-refractivity contribution in [2.75, 3.05) is 0 Å². The number of aromatic hydroxyl groups is 1. The Morgan fingerprint density at radius 1 is 1.03 bits per heavy atom. The summed E-state index contributed by atoms with van der Waals surface area (Å²) in [7, 11) is 0. The van der Waals surface area contributed by atoms with Crippen LogP contribution < -0.4 is 0 Å². The number of hydrogen-bond donors (Lipinski definition) is 1. The Kier molecular flexibility index (Phi) is 10.0. The summed E-state index contributed by atoms with van der Waals surface area (Å²) >= 11 is -2.52. The van der Waals surface area contributed by atoms with Crippen LogP contribution in [-0.2, 0) is 16.0 Å². The predicted octanol–water partition coefficient (Wildman–Crippen LogP) is 9.49. The van der Waals surface area contributed by atoms with Crippen molar-refractivity contribution in [2.24, 2.45) is 17.3 Å². The van der Waals surface area contributed by atoms with E-state index in [2.05, 4.69) is 43.9 Å². The summed E-state index contributed by atoms with van der Waals surface area (Å²) in [6, 6.07) is 6.07. The van der Waals surface area contributed by atoms with Crippen LogP contribution in [0.5, 0.6) is 5.75 Å². The van der Waals surface area contributed by atoms with Crippen molar-refractivity contribution in [1.29, 1.82) is 0 Å². The number of unbranched alkanes of at least 4 members (excludes halogenated alkanes) is 3. The van der Waals surface area contributed by atoms with Crippen LogP contribution in [0.2, 0.25) is 13.3 Å². The van der Waals surface area contributed by atoms with Crippen LogP contribution in [0, 0.1) is 17.3 Å². The van der Waals surface area contributed by atoms with Crippen LogP contribution >= 0.6 is 0 Å². The zero-order chi connectivity index (χ0) is 27.4. The Hall–Kier alpha value is -0.971. The molecular weight excluding hydrogens is 575 g/mol. The van der Waals surface area contributed by atoms with E-state index in [1.54, 1.807) is 6.92 Å². The summed E-state index contributed by atoms with van der Waals surface area (Å²) in [6.07, 6.45) is 17.1. The second kappa shape index (κ2) is 12.7. The van der Waals surface area contributed by atoms with Crippen molar-refractivity contribution < 1.29 is 14.6 Å². The van der Waals surface area contributed by atoms with Crippen molar-refractivity contribution in [2.45, 2.75) is 136 Å². The standard InChI is InChI=1S/C22H27O3.3C4H9.Sn/c1-4-22(25-14(2)23)12-10-20-19-7-5-15-13-16(24)6-8-17(15)18(19)9-11-21(20,22)3;3*1-3-4-2;/h1,4,6,8,13,18-20,24H,5,7,9-12H2,2-3H3;3*1,3-4H2,2H3;/t18-,19-,20+,21+,22+;;;;/m1..../s1. The Bertz CT molecular complexity index is 964. The molecule has 3 aliphatic carbocycles. The van der Waals surface area contributed by atoms with E-state index in [1.807, 2.05) is 12.1 Å². The van der Waals surface area contributed by atoms with E-state index < -0.39 is 24.0 Å². The zero-order valence-electron chi connectivity index (χ0n) is 25.0. The molecule has 212 valence electrons. The van der Waals surface area contributed by atoms with Gasteiger partial charge in [-0.25, -0.2) is 0 Å². The van der Waals surface area contributed by atoms with Gasteiger partial charge in [-0.15, -0.1) is 0 Å². The molecule has 1 N–H and O–H groups in total. The van der Waals surface area contributed by atoms with Crippen LogP contribution in [0.1, 0.15) is 122 Å². The van der Waals surface area contributed by atoms with Gasteiger partial charge in [0.15, 0.2) is 0 Å². The molecule has 2 fully saturated rings. The fourth-order valence-electron chi connectivity index (χ4n) is 8.86. The number of ether oxygens (including phenoxy) is 1. The van der Waals surface area contributed by atoms with Crippen LogP contribution in [0.15, 0.2) is 28.4 Å². The molecule has 2 saturated carbocycles. The second-order valence-electron chi connectivity index (χ2n) is 13.3. The third-order valence-electron chi connectivity index (χ3n) is 11.0. The van der Waals surface area contributed by atoms with Gasteiger partial charge >= 0.3 is 238 Å². The Morgan fingerprint density at radius 2 is 1.68 bits per heavy atom. The van der Waals surface area contributed by atoms with Crippen molar-refractivity contribution in [1.82, 2.24) is 0 Å². The number of rotatable bonds is 12. The maximum atomic E-state index is 12.7. The number of hydrogen-bond acceptors (Lipinski definition) is 3. The van der Waals surface area contributed by atoms with E-state index in [0.717, 1.165) is 32.1 Å². The molecule has 1 aromatic carbocycles. The van der Waals surface area contributed by atoms with Crippen LogP contribution in [0.3, 0.4) is 0 Å². The van der Waals surface area contributed by atoms with E-state index in [0.29, 0.717) is 23.5 Å². The molecule has 0 bridgehead atoms. The first kappa shape index (κ1) is 30.0. The zero-order valence-corrected chi connectivity index (χ0v) is 27.8. The molecule has 4 heteroatoms. The molecule has 0 unspecified atom stereocenters. The Labute approximate surface area is 237 Å². The number of carbonyl (C=O) groups is 1. The number of phenolic OH excluding ortho intramolecular Hbond substituents is 1. The molecular formula is C34H54O3Sn. The monoisotopic (exact) mass is 630 g/mol. The molecule has 4 rings (SSSR count). The SMILES string of the molecule is CCC[CH2][Sn](/[CH]=C\[C@]1(OC(C)=O)CC[C@H]2[C@@H]3CCc4cc(O)ccc4[C@H]3CC[C@@]21C)([CH2]CCC)[CH2]CCC. The van der Waals surface area contributed by atoms with Gasteiger partial charge in [0.05, 0.1) is 0 Å². The maximum absolute atomic E-state index is 12.7. The minimum absolute atomic E-state index is 0.00262. The molecule has 0 radical (unpaired) electrons. The van der Waals surface area contributed by atoms with Crippen LogP contribution in [-0.4, -0.2) is 35.1 Å². The molecule has 0 spiro atoms. The third-order valence-corrected chi connectivity index (χ3v) is 25.1. The fourth-order valence-corrected chi connectivity index (χ4v) is 23.3. The number of fused-ring (bicyclic) bond motifs is 5. The van der Waals surface area contributed by atoms with Gasteiger partial charge in [-0.05, 0) is 0 Å². The summed E-state index contributed by atoms with van der Waals surface area (Å²) in [5, 5.41) is 10.1. The van der Waals surface area contributed by atoms with E-state index in [1.165, 1.54) is 69.4 Å². The summed E-state index contributed by atoms with van der Waals surface area (Å²) in [4.78, 5) is 12.7. The molecule has 1 aromatic rings. The van der Waals surface area contributed by atoms with Gasteiger partial charge < -0.3 is 0 Å². The normalized spacial score (nSPS) is 30.6. The van der Waals surface area contributed by atoms with Gasteiger partial charge in [0.1, 0.15) is 0 Å². The molecule has 5 atom stereocenters. The number of benzene rings is 1. The van der Waals surface area contributed by atoms with Crippen LogP contribution in [0.25, 0.3) is 0 Å². The summed E-state index contributed by atoms with van der Waals surface area (Å²) < 4.78 is 13.6. The van der Waals surface area contributed by atoms with Gasteiger partial charge in [-0.1, -0.05) is 0 Å². The third kappa shape index (κ3) is 5.88. The number of carbonyl (C=O) groups excluding carboxylic acids is 1. The molecule has 0 heterocycles. The number of phenols is 1. The van der Waals surface area contributed by atoms with Gasteiger partial charge in [0.2, 0.25) is 0 Å². The van der Waals surface area contributed by atoms with Gasteiger partial charge in [-0.3, -0.25) is 0 Å². The molecule has 0 aromatic heterocycles. The first-order valence-corrected chi connectivity index (χ1v) is 23.6. The van der Waals surface area contributed by atoms with E-state index >= 15 is 0 Å². The van der Waals surface area contributed by atoms with Crippen molar-refractivity contribution in [3.8, 4) is 5.75 Å². The summed E-state index contributed by atoms with van der Waals surface area (Å²) in [5.41, 5.74) is 2.37. The molecule has 0 amide bonds. The van der Waals surface area contributed by atoms with E-state index in [4.69, 9.17) is 4.74 Å². The second-order valence-corrected chi connectivity index (χ2v) is 26.3. The summed E-state index contributed by atoms with van der Waals surface area (Å²) in [5.74, 6) is 2.08. The molecule has 0 saturated heterocycles. The van der Waals surface area contributed by atoms with E-state index in [9.17, 15) is 9.90 Å². The first-order valence-electron chi connectivity index (χ1n) is 15.9. The molecule has 3 nitrogen and oxygen atoms in total. The number of aryl methyl sites for hydroxylation is 1. The average molecular weight is 630 g/mol. The number of esters is 1. The van der Waals surface area contributed by atoms with Crippen LogP contribution in [0.4, 0.5) is 0 Å². The molecule has 38 heavy (non-hydrogen) atoms. The predicted molar refractivity (Wildman–Crippen MR) is 161 cm³/mol. The van der Waals surface area contributed by atoms with Gasteiger partial charge in [0, 0.05) is 0 Å². The van der Waals surface area contributed by atoms with Crippen molar-refractivity contribution in [3.63, 3.8) is 0 Å². The average Bonchev–Trinajstić information content (AvgIpc) is 3.19. The molecule has 3 aliphatic rings. The van der Waals surface area contributed by atoms with Gasteiger partial charge in [-0.2, -0.15) is 0 Å². The molecule has 0 aliphatic heterocycles. The fraction of sp³-hybridized carbons (Fsp3) is 0.735. The van der Waals surface area contributed by atoms with E-state index in [-0.39, 0.29) is 11.4 Å². The quantitative estimate of drug-likeness (QED) is 0.185. The topological polar surface area (TPSA) is 46.5 Å². The Balaban J connectivity index is 1.68.